The van der Waals surface area contributed by atoms with Gasteiger partial charge in [-0.15, -0.1) is 13.2 Å². The summed E-state index contributed by atoms with van der Waals surface area (Å²) in [6.45, 7) is 9.47. The van der Waals surface area contributed by atoms with Gasteiger partial charge in [0.1, 0.15) is 5.75 Å². The van der Waals surface area contributed by atoms with Gasteiger partial charge in [0.05, 0.1) is 0 Å². The van der Waals surface area contributed by atoms with E-state index in [1.807, 2.05) is 12.2 Å². The minimum absolute atomic E-state index is 0.323. The molecule has 1 rings (SSSR count). The topological polar surface area (TPSA) is 20.2 Å². The van der Waals surface area contributed by atoms with Crippen LogP contribution in [0.3, 0.4) is 0 Å². The maximum absolute atomic E-state index is 9.50. The van der Waals surface area contributed by atoms with Crippen molar-refractivity contribution in [3.63, 3.8) is 0 Å². The van der Waals surface area contributed by atoms with Gasteiger partial charge in [-0.25, -0.2) is 0 Å². The molecule has 14 heavy (non-hydrogen) atoms. The van der Waals surface area contributed by atoms with Crippen LogP contribution in [0.5, 0.6) is 5.75 Å². The van der Waals surface area contributed by atoms with Gasteiger partial charge in [0.15, 0.2) is 0 Å². The van der Waals surface area contributed by atoms with Crippen molar-refractivity contribution in [2.45, 2.75) is 19.8 Å². The molecule has 0 aliphatic heterocycles. The van der Waals surface area contributed by atoms with E-state index in [9.17, 15) is 5.11 Å². The molecule has 0 aliphatic rings. The highest BCUT2D eigenvalue weighted by Gasteiger charge is 2.04. The SMILES string of the molecule is C=CCc1cc(O)cc(CC=C)c1C. The van der Waals surface area contributed by atoms with Crippen molar-refractivity contribution in [3.05, 3.63) is 54.1 Å². The van der Waals surface area contributed by atoms with E-state index in [-0.39, 0.29) is 0 Å². The van der Waals surface area contributed by atoms with Gasteiger partial charge in [-0.3, -0.25) is 0 Å². The van der Waals surface area contributed by atoms with Crippen molar-refractivity contribution in [2.75, 3.05) is 0 Å². The molecule has 0 spiro atoms. The minimum Gasteiger partial charge on any atom is -0.508 e. The van der Waals surface area contributed by atoms with Gasteiger partial charge >= 0.3 is 0 Å². The van der Waals surface area contributed by atoms with Gasteiger partial charge < -0.3 is 5.11 Å². The van der Waals surface area contributed by atoms with Gasteiger partial charge in [0, 0.05) is 0 Å². The summed E-state index contributed by atoms with van der Waals surface area (Å²) in [6, 6.07) is 3.59. The van der Waals surface area contributed by atoms with Crippen molar-refractivity contribution in [1.82, 2.24) is 0 Å². The highest BCUT2D eigenvalue weighted by Crippen LogP contribution is 2.22. The highest BCUT2D eigenvalue weighted by atomic mass is 16.3. The van der Waals surface area contributed by atoms with Crippen LogP contribution in [0.2, 0.25) is 0 Å². The van der Waals surface area contributed by atoms with Crippen LogP contribution in [0.4, 0.5) is 0 Å². The van der Waals surface area contributed by atoms with Crippen LogP contribution >= 0.6 is 0 Å². The fourth-order valence-corrected chi connectivity index (χ4v) is 1.56. The lowest BCUT2D eigenvalue weighted by atomic mass is 9.97. The van der Waals surface area contributed by atoms with Gasteiger partial charge in [-0.2, -0.15) is 0 Å². The van der Waals surface area contributed by atoms with Gasteiger partial charge in [-0.05, 0) is 48.6 Å². The van der Waals surface area contributed by atoms with Crippen molar-refractivity contribution in [1.29, 1.82) is 0 Å². The maximum Gasteiger partial charge on any atom is 0.116 e. The van der Waals surface area contributed by atoms with E-state index in [0.717, 1.165) is 24.0 Å². The van der Waals surface area contributed by atoms with Crippen LogP contribution in [0.1, 0.15) is 16.7 Å². The average molecular weight is 188 g/mol. The normalized spacial score (nSPS) is 9.79. The first-order valence-corrected chi connectivity index (χ1v) is 4.72. The van der Waals surface area contributed by atoms with Crippen molar-refractivity contribution in [3.8, 4) is 5.75 Å². The summed E-state index contributed by atoms with van der Waals surface area (Å²) in [5, 5.41) is 9.50. The first kappa shape index (κ1) is 10.6. The highest BCUT2D eigenvalue weighted by molar-refractivity contribution is 5.42. The fraction of sp³-hybridized carbons (Fsp3) is 0.231. The van der Waals surface area contributed by atoms with E-state index in [1.54, 1.807) is 12.1 Å². The lowest BCUT2D eigenvalue weighted by molar-refractivity contribution is 0.474. The van der Waals surface area contributed by atoms with Crippen LogP contribution in [0, 0.1) is 6.92 Å². The molecule has 0 aliphatic carbocycles. The molecule has 1 aromatic rings. The molecule has 1 nitrogen and oxygen atoms in total. The van der Waals surface area contributed by atoms with E-state index in [0.29, 0.717) is 5.75 Å². The zero-order chi connectivity index (χ0) is 10.6. The number of phenolic OH excluding ortho intramolecular Hbond substituents is 1. The number of allylic oxidation sites excluding steroid dienone is 2. The lowest BCUT2D eigenvalue weighted by Gasteiger charge is -2.09. The van der Waals surface area contributed by atoms with Crippen LogP contribution in [0.25, 0.3) is 0 Å². The molecular formula is C13H16O. The summed E-state index contributed by atoms with van der Waals surface area (Å²) < 4.78 is 0. The summed E-state index contributed by atoms with van der Waals surface area (Å²) in [5.41, 5.74) is 3.50. The van der Waals surface area contributed by atoms with Crippen LogP contribution < -0.4 is 0 Å². The Labute approximate surface area is 85.4 Å². The Morgan fingerprint density at radius 2 is 1.57 bits per heavy atom. The van der Waals surface area contributed by atoms with Gasteiger partial charge in [-0.1, -0.05) is 12.2 Å². The molecule has 1 aromatic carbocycles. The molecule has 0 amide bonds. The summed E-state index contributed by atoms with van der Waals surface area (Å²) in [4.78, 5) is 0. The minimum atomic E-state index is 0.323. The Bertz CT molecular complexity index is 319. The standard InChI is InChI=1S/C13H16O/c1-4-6-11-8-13(14)9-12(7-5-2)10(11)3/h4-5,8-9,14H,1-2,6-7H2,3H3. The number of hydrogen-bond acceptors (Lipinski definition) is 1. The first-order chi connectivity index (χ1) is 6.69. The molecule has 0 radical (unpaired) electrons. The Morgan fingerprint density at radius 1 is 1.14 bits per heavy atom. The molecule has 0 aromatic heterocycles. The third-order valence-corrected chi connectivity index (χ3v) is 2.34. The zero-order valence-corrected chi connectivity index (χ0v) is 8.59. The van der Waals surface area contributed by atoms with Gasteiger partial charge in [0.2, 0.25) is 0 Å². The fourth-order valence-electron chi connectivity index (χ4n) is 1.56. The molecular weight excluding hydrogens is 172 g/mol. The monoisotopic (exact) mass is 188 g/mol. The Morgan fingerprint density at radius 3 is 1.93 bits per heavy atom. The number of hydrogen-bond donors (Lipinski definition) is 1. The van der Waals surface area contributed by atoms with E-state index < -0.39 is 0 Å². The Hall–Kier alpha value is -1.50. The molecule has 0 bridgehead atoms. The molecule has 1 N–H and O–H groups in total. The number of benzene rings is 1. The van der Waals surface area contributed by atoms with E-state index in [2.05, 4.69) is 20.1 Å². The largest absolute Gasteiger partial charge is 0.508 e. The first-order valence-electron chi connectivity index (χ1n) is 4.72. The maximum atomic E-state index is 9.50. The van der Waals surface area contributed by atoms with Gasteiger partial charge in [0.25, 0.3) is 0 Å². The average Bonchev–Trinajstić information content (AvgIpc) is 2.14. The van der Waals surface area contributed by atoms with Crippen LogP contribution in [-0.4, -0.2) is 5.11 Å². The molecule has 0 heterocycles. The summed E-state index contributed by atoms with van der Waals surface area (Å²) in [7, 11) is 0. The van der Waals surface area contributed by atoms with Crippen molar-refractivity contribution in [2.24, 2.45) is 0 Å². The third-order valence-electron chi connectivity index (χ3n) is 2.34. The molecule has 1 heteroatoms. The van der Waals surface area contributed by atoms with Crippen molar-refractivity contribution >= 4 is 0 Å². The molecule has 0 fully saturated rings. The van der Waals surface area contributed by atoms with Crippen LogP contribution in [0.15, 0.2) is 37.4 Å². The van der Waals surface area contributed by atoms with E-state index in [4.69, 9.17) is 0 Å². The number of aromatic hydroxyl groups is 1. The number of rotatable bonds is 4. The second-order valence-electron chi connectivity index (χ2n) is 3.37. The molecule has 0 unspecified atom stereocenters. The lowest BCUT2D eigenvalue weighted by Crippen LogP contribution is -1.93. The summed E-state index contributed by atoms with van der Waals surface area (Å²) >= 11 is 0. The summed E-state index contributed by atoms with van der Waals surface area (Å²) in [5.74, 6) is 0.323. The second-order valence-corrected chi connectivity index (χ2v) is 3.37. The van der Waals surface area contributed by atoms with Crippen LogP contribution in [-0.2, 0) is 12.8 Å². The summed E-state index contributed by atoms with van der Waals surface area (Å²) in [6.07, 6.45) is 5.29. The van der Waals surface area contributed by atoms with Crippen molar-refractivity contribution < 1.29 is 5.11 Å². The van der Waals surface area contributed by atoms with E-state index >= 15 is 0 Å². The smallest absolute Gasteiger partial charge is 0.116 e. The van der Waals surface area contributed by atoms with E-state index in [1.165, 1.54) is 5.56 Å². The Kier molecular flexibility index (Phi) is 3.52. The quantitative estimate of drug-likeness (QED) is 0.719. The predicted octanol–water partition coefficient (Wildman–Crippen LogP) is 3.16. The molecule has 0 saturated carbocycles. The number of phenols is 1. The predicted molar refractivity (Wildman–Crippen MR) is 60.6 cm³/mol. The molecule has 74 valence electrons. The molecule has 0 atom stereocenters. The third kappa shape index (κ3) is 2.25. The molecule has 0 saturated heterocycles. The second kappa shape index (κ2) is 4.66. The zero-order valence-electron chi connectivity index (χ0n) is 8.59. The Balaban J connectivity index is 3.16.